The number of hydrogen-bond acceptors (Lipinski definition) is 4. The SMILES string of the molecule is CCc1nc2scc(-c3ccc4c(c3)CCCC4)c2c(=O)n1C(CC)C(N)=O. The number of aromatic nitrogens is 2. The van der Waals surface area contributed by atoms with Gasteiger partial charge in [0.15, 0.2) is 0 Å². The average Bonchev–Trinajstić information content (AvgIpc) is 3.13. The van der Waals surface area contributed by atoms with Crippen LogP contribution >= 0.6 is 11.3 Å². The Bertz CT molecular complexity index is 1110. The Kier molecular flexibility index (Phi) is 5.06. The Hall–Kier alpha value is -2.47. The third-order valence-corrected chi connectivity index (χ3v) is 6.59. The quantitative estimate of drug-likeness (QED) is 0.709. The summed E-state index contributed by atoms with van der Waals surface area (Å²) in [6, 6.07) is 5.85. The summed E-state index contributed by atoms with van der Waals surface area (Å²) in [6.45, 7) is 3.80. The van der Waals surface area contributed by atoms with Crippen molar-refractivity contribution in [3.8, 4) is 11.1 Å². The molecule has 1 aliphatic rings. The summed E-state index contributed by atoms with van der Waals surface area (Å²) in [4.78, 5) is 30.9. The molecule has 0 aliphatic heterocycles. The van der Waals surface area contributed by atoms with E-state index in [4.69, 9.17) is 10.7 Å². The van der Waals surface area contributed by atoms with Crippen molar-refractivity contribution < 1.29 is 4.79 Å². The molecule has 146 valence electrons. The van der Waals surface area contributed by atoms with E-state index in [9.17, 15) is 9.59 Å². The van der Waals surface area contributed by atoms with Crippen LogP contribution in [0.3, 0.4) is 0 Å². The standard InChI is InChI=1S/C22H25N3O2S/c1-3-17(20(23)26)25-18(4-2)24-21-19(22(25)27)16(12-28-21)15-10-9-13-7-5-6-8-14(13)11-15/h9-12,17H,3-8H2,1-2H3,(H2,23,26). The summed E-state index contributed by atoms with van der Waals surface area (Å²) in [6.07, 6.45) is 5.71. The van der Waals surface area contributed by atoms with Crippen LogP contribution in [0.15, 0.2) is 28.4 Å². The van der Waals surface area contributed by atoms with Crippen molar-refractivity contribution in [2.24, 2.45) is 5.73 Å². The third kappa shape index (κ3) is 3.05. The fourth-order valence-corrected chi connectivity index (χ4v) is 5.20. The number of aryl methyl sites for hydroxylation is 3. The minimum atomic E-state index is -0.671. The minimum Gasteiger partial charge on any atom is -0.368 e. The highest BCUT2D eigenvalue weighted by Crippen LogP contribution is 2.34. The Labute approximate surface area is 168 Å². The lowest BCUT2D eigenvalue weighted by atomic mass is 9.89. The molecule has 0 radical (unpaired) electrons. The molecule has 0 bridgehead atoms. The lowest BCUT2D eigenvalue weighted by Crippen LogP contribution is -2.36. The van der Waals surface area contributed by atoms with E-state index in [1.165, 1.54) is 39.9 Å². The normalized spacial score (nSPS) is 14.8. The first kappa shape index (κ1) is 18.9. The van der Waals surface area contributed by atoms with Crippen molar-refractivity contribution in [2.45, 2.75) is 58.4 Å². The van der Waals surface area contributed by atoms with Gasteiger partial charge in [-0.3, -0.25) is 14.2 Å². The van der Waals surface area contributed by atoms with Crippen LogP contribution < -0.4 is 11.3 Å². The van der Waals surface area contributed by atoms with Gasteiger partial charge in [-0.2, -0.15) is 0 Å². The molecule has 6 heteroatoms. The number of nitrogens with two attached hydrogens (primary N) is 1. The highest BCUT2D eigenvalue weighted by Gasteiger charge is 2.24. The van der Waals surface area contributed by atoms with E-state index >= 15 is 0 Å². The molecule has 2 aromatic heterocycles. The minimum absolute atomic E-state index is 0.165. The molecule has 28 heavy (non-hydrogen) atoms. The first-order valence-corrected chi connectivity index (χ1v) is 10.9. The first-order valence-electron chi connectivity index (χ1n) is 9.99. The zero-order valence-electron chi connectivity index (χ0n) is 16.3. The number of thiophene rings is 1. The number of carbonyl (C=O) groups excluding carboxylic acids is 1. The molecule has 0 spiro atoms. The van der Waals surface area contributed by atoms with Gasteiger partial charge in [0.25, 0.3) is 5.56 Å². The maximum Gasteiger partial charge on any atom is 0.263 e. The summed E-state index contributed by atoms with van der Waals surface area (Å²) in [7, 11) is 0. The summed E-state index contributed by atoms with van der Waals surface area (Å²) < 4.78 is 1.51. The molecule has 2 N–H and O–H groups in total. The molecule has 1 aromatic carbocycles. The van der Waals surface area contributed by atoms with E-state index in [0.29, 0.717) is 24.1 Å². The topological polar surface area (TPSA) is 78.0 Å². The molecule has 1 atom stereocenters. The molecule has 1 aliphatic carbocycles. The van der Waals surface area contributed by atoms with Crippen molar-refractivity contribution in [1.82, 2.24) is 9.55 Å². The van der Waals surface area contributed by atoms with Gasteiger partial charge in [-0.15, -0.1) is 11.3 Å². The highest BCUT2D eigenvalue weighted by molar-refractivity contribution is 7.17. The molecule has 5 nitrogen and oxygen atoms in total. The second-order valence-electron chi connectivity index (χ2n) is 7.40. The molecular formula is C22H25N3O2S. The number of rotatable bonds is 5. The number of carbonyl (C=O) groups is 1. The summed E-state index contributed by atoms with van der Waals surface area (Å²) in [5, 5.41) is 2.61. The fraction of sp³-hybridized carbons (Fsp3) is 0.409. The predicted octanol–water partition coefficient (Wildman–Crippen LogP) is 4.00. The summed E-state index contributed by atoms with van der Waals surface area (Å²) in [5.74, 6) is 0.119. The second kappa shape index (κ2) is 7.51. The van der Waals surface area contributed by atoms with Crippen LogP contribution in [0, 0.1) is 0 Å². The van der Waals surface area contributed by atoms with Crippen LogP contribution in [0.25, 0.3) is 21.3 Å². The lowest BCUT2D eigenvalue weighted by molar-refractivity contribution is -0.121. The van der Waals surface area contributed by atoms with Gasteiger partial charge in [0, 0.05) is 17.4 Å². The maximum atomic E-state index is 13.5. The monoisotopic (exact) mass is 395 g/mol. The van der Waals surface area contributed by atoms with E-state index in [1.807, 2.05) is 19.2 Å². The summed E-state index contributed by atoms with van der Waals surface area (Å²) in [5.41, 5.74) is 10.2. The molecule has 0 fully saturated rings. The van der Waals surface area contributed by atoms with Crippen LogP contribution in [-0.4, -0.2) is 15.5 Å². The van der Waals surface area contributed by atoms with Gasteiger partial charge in [0.1, 0.15) is 16.7 Å². The molecule has 1 amide bonds. The number of amides is 1. The van der Waals surface area contributed by atoms with E-state index in [1.54, 1.807) is 0 Å². The molecule has 0 saturated heterocycles. The second-order valence-corrected chi connectivity index (χ2v) is 8.26. The molecule has 3 aromatic rings. The number of hydrogen-bond donors (Lipinski definition) is 1. The number of nitrogens with zero attached hydrogens (tertiary/aromatic N) is 2. The van der Waals surface area contributed by atoms with Gasteiger partial charge in [-0.25, -0.2) is 4.98 Å². The van der Waals surface area contributed by atoms with Crippen LogP contribution in [0.4, 0.5) is 0 Å². The van der Waals surface area contributed by atoms with Crippen molar-refractivity contribution in [3.05, 3.63) is 50.9 Å². The Morgan fingerprint density at radius 3 is 2.68 bits per heavy atom. The van der Waals surface area contributed by atoms with Crippen molar-refractivity contribution in [3.63, 3.8) is 0 Å². The number of benzene rings is 1. The van der Waals surface area contributed by atoms with Gasteiger partial charge in [0.05, 0.1) is 5.39 Å². The average molecular weight is 396 g/mol. The van der Waals surface area contributed by atoms with Gasteiger partial charge < -0.3 is 5.73 Å². The Morgan fingerprint density at radius 2 is 2.00 bits per heavy atom. The number of fused-ring (bicyclic) bond motifs is 2. The van der Waals surface area contributed by atoms with Crippen molar-refractivity contribution in [2.75, 3.05) is 0 Å². The lowest BCUT2D eigenvalue weighted by Gasteiger charge is -2.19. The molecule has 2 heterocycles. The van der Waals surface area contributed by atoms with Gasteiger partial charge in [-0.05, 0) is 48.8 Å². The maximum absolute atomic E-state index is 13.5. The number of primary amides is 1. The molecular weight excluding hydrogens is 370 g/mol. The highest BCUT2D eigenvalue weighted by atomic mass is 32.1. The van der Waals surface area contributed by atoms with Crippen molar-refractivity contribution >= 4 is 27.5 Å². The van der Waals surface area contributed by atoms with E-state index in [0.717, 1.165) is 28.8 Å². The van der Waals surface area contributed by atoms with Gasteiger partial charge in [0.2, 0.25) is 5.91 Å². The van der Waals surface area contributed by atoms with Crippen LogP contribution in [-0.2, 0) is 24.1 Å². The summed E-state index contributed by atoms with van der Waals surface area (Å²) >= 11 is 1.49. The zero-order chi connectivity index (χ0) is 19.8. The van der Waals surface area contributed by atoms with E-state index < -0.39 is 11.9 Å². The van der Waals surface area contributed by atoms with Crippen molar-refractivity contribution in [1.29, 1.82) is 0 Å². The largest absolute Gasteiger partial charge is 0.368 e. The van der Waals surface area contributed by atoms with Gasteiger partial charge >= 0.3 is 0 Å². The third-order valence-electron chi connectivity index (χ3n) is 5.72. The van der Waals surface area contributed by atoms with E-state index in [-0.39, 0.29) is 5.56 Å². The molecule has 1 unspecified atom stereocenters. The Balaban J connectivity index is 1.94. The predicted molar refractivity (Wildman–Crippen MR) is 114 cm³/mol. The van der Waals surface area contributed by atoms with Gasteiger partial charge in [-0.1, -0.05) is 32.0 Å². The van der Waals surface area contributed by atoms with Crippen LogP contribution in [0.5, 0.6) is 0 Å². The smallest absolute Gasteiger partial charge is 0.263 e. The zero-order valence-corrected chi connectivity index (χ0v) is 17.1. The van der Waals surface area contributed by atoms with E-state index in [2.05, 4.69) is 18.2 Å². The molecule has 4 rings (SSSR count). The molecule has 0 saturated carbocycles. The Morgan fingerprint density at radius 1 is 1.25 bits per heavy atom. The van der Waals surface area contributed by atoms with Crippen LogP contribution in [0.1, 0.15) is 56.1 Å². The van der Waals surface area contributed by atoms with Crippen LogP contribution in [0.2, 0.25) is 0 Å². The fourth-order valence-electron chi connectivity index (χ4n) is 4.24. The first-order chi connectivity index (χ1) is 13.5.